The molecular weight excluding hydrogens is 300 g/mol. The van der Waals surface area contributed by atoms with Crippen molar-refractivity contribution in [2.24, 2.45) is 5.41 Å². The largest absolute Gasteiger partial charge is 0.468 e. The summed E-state index contributed by atoms with van der Waals surface area (Å²) < 4.78 is 4.91. The van der Waals surface area contributed by atoms with Gasteiger partial charge in [0.25, 0.3) is 0 Å². The Morgan fingerprint density at radius 1 is 0.875 bits per heavy atom. The molecule has 0 aliphatic carbocycles. The van der Waals surface area contributed by atoms with E-state index in [2.05, 4.69) is 13.2 Å². The zero-order valence-electron chi connectivity index (χ0n) is 15.3. The van der Waals surface area contributed by atoms with Gasteiger partial charge in [0.15, 0.2) is 0 Å². The zero-order valence-corrected chi connectivity index (χ0v) is 15.3. The molecule has 0 N–H and O–H groups in total. The third kappa shape index (κ3) is 8.09. The Morgan fingerprint density at radius 2 is 1.33 bits per heavy atom. The lowest BCUT2D eigenvalue weighted by molar-refractivity contribution is -0.157. The van der Waals surface area contributed by atoms with Crippen molar-refractivity contribution in [2.45, 2.75) is 58.3 Å². The van der Waals surface area contributed by atoms with Crippen LogP contribution in [0.15, 0.2) is 49.6 Å². The van der Waals surface area contributed by atoms with E-state index in [9.17, 15) is 9.59 Å². The number of carbonyl (C=O) groups is 2. The number of rotatable bonds is 14. The predicted octanol–water partition coefficient (Wildman–Crippen LogP) is 5.34. The van der Waals surface area contributed by atoms with Gasteiger partial charge in [-0.2, -0.15) is 0 Å². The molecule has 0 saturated carbocycles. The number of esters is 1. The van der Waals surface area contributed by atoms with E-state index < -0.39 is 11.4 Å². The highest BCUT2D eigenvalue weighted by molar-refractivity contribution is 6.03. The number of hydrogen-bond acceptors (Lipinski definition) is 3. The van der Waals surface area contributed by atoms with Crippen LogP contribution in [0, 0.1) is 5.41 Å². The summed E-state index contributed by atoms with van der Waals surface area (Å²) in [5, 5.41) is 0. The molecule has 134 valence electrons. The van der Waals surface area contributed by atoms with Crippen molar-refractivity contribution in [3.63, 3.8) is 0 Å². The average molecular weight is 332 g/mol. The normalized spacial score (nSPS) is 13.8. The Balaban J connectivity index is 4.87. The third-order valence-electron chi connectivity index (χ3n) is 4.07. The van der Waals surface area contributed by atoms with Crippen molar-refractivity contribution >= 4 is 11.8 Å². The predicted molar refractivity (Wildman–Crippen MR) is 101 cm³/mol. The molecule has 24 heavy (non-hydrogen) atoms. The monoisotopic (exact) mass is 332 g/mol. The Morgan fingerprint density at radius 3 is 1.67 bits per heavy atom. The maximum atomic E-state index is 12.3. The molecule has 0 aromatic rings. The molecule has 3 nitrogen and oxygen atoms in total. The summed E-state index contributed by atoms with van der Waals surface area (Å²) in [5.41, 5.74) is -1.11. The molecule has 0 fully saturated rings. The van der Waals surface area contributed by atoms with Crippen LogP contribution in [0.4, 0.5) is 0 Å². The Labute approximate surface area is 147 Å². The fourth-order valence-electron chi connectivity index (χ4n) is 2.44. The van der Waals surface area contributed by atoms with E-state index in [0.29, 0.717) is 12.8 Å². The van der Waals surface area contributed by atoms with E-state index in [-0.39, 0.29) is 5.78 Å². The summed E-state index contributed by atoms with van der Waals surface area (Å²) in [7, 11) is 1.33. The van der Waals surface area contributed by atoms with Gasteiger partial charge in [-0.1, -0.05) is 36.5 Å². The Kier molecular flexibility index (Phi) is 12.5. The molecule has 0 atom stereocenters. The summed E-state index contributed by atoms with van der Waals surface area (Å²) in [6.45, 7) is 8.85. The minimum Gasteiger partial charge on any atom is -0.468 e. The van der Waals surface area contributed by atoms with E-state index in [1.165, 1.54) is 14.0 Å². The van der Waals surface area contributed by atoms with E-state index in [1.807, 2.05) is 36.5 Å². The molecule has 0 saturated heterocycles. The summed E-state index contributed by atoms with van der Waals surface area (Å²) in [4.78, 5) is 24.5. The first-order chi connectivity index (χ1) is 11.5. The van der Waals surface area contributed by atoms with E-state index in [0.717, 1.165) is 38.5 Å². The average Bonchev–Trinajstić information content (AvgIpc) is 2.58. The van der Waals surface area contributed by atoms with Gasteiger partial charge in [0, 0.05) is 0 Å². The van der Waals surface area contributed by atoms with Crippen LogP contribution in [0.3, 0.4) is 0 Å². The van der Waals surface area contributed by atoms with Crippen LogP contribution >= 0.6 is 0 Å². The standard InChI is InChI=1S/C21H32O3/c1-5-7-9-11-13-15-17-21(19(3)22,20(23)24-4)18-16-14-12-10-8-6-2/h5-6,13-16H,1-2,7-12,17-18H2,3-4H3. The molecule has 0 rings (SSSR count). The SMILES string of the molecule is C=CCCCC=CCC(CC=CCCCC=C)(C(C)=O)C(=O)OC. The highest BCUT2D eigenvalue weighted by atomic mass is 16.5. The molecule has 0 aliphatic rings. The number of methoxy groups -OCH3 is 1. The number of Topliss-reactive ketones (excluding diaryl/α,β-unsaturated/α-hetero) is 1. The number of ether oxygens (including phenoxy) is 1. The lowest BCUT2D eigenvalue weighted by atomic mass is 9.77. The fraction of sp³-hybridized carbons (Fsp3) is 0.524. The maximum Gasteiger partial charge on any atom is 0.319 e. The summed E-state index contributed by atoms with van der Waals surface area (Å²) in [6.07, 6.45) is 18.2. The van der Waals surface area contributed by atoms with Gasteiger partial charge in [-0.3, -0.25) is 9.59 Å². The van der Waals surface area contributed by atoms with Gasteiger partial charge in [-0.05, 0) is 58.3 Å². The highest BCUT2D eigenvalue weighted by Gasteiger charge is 2.42. The third-order valence-corrected chi connectivity index (χ3v) is 4.07. The van der Waals surface area contributed by atoms with Gasteiger partial charge >= 0.3 is 5.97 Å². The highest BCUT2D eigenvalue weighted by Crippen LogP contribution is 2.31. The Hall–Kier alpha value is -1.90. The van der Waals surface area contributed by atoms with Crippen molar-refractivity contribution in [1.29, 1.82) is 0 Å². The molecule has 0 aromatic carbocycles. The lowest BCUT2D eigenvalue weighted by Crippen LogP contribution is -2.38. The maximum absolute atomic E-state index is 12.3. The molecule has 3 heteroatoms. The van der Waals surface area contributed by atoms with Gasteiger partial charge in [0.05, 0.1) is 7.11 Å². The van der Waals surface area contributed by atoms with Gasteiger partial charge in [-0.25, -0.2) is 0 Å². The van der Waals surface area contributed by atoms with Crippen LogP contribution in [0.2, 0.25) is 0 Å². The molecule has 0 bridgehead atoms. The first-order valence-corrected chi connectivity index (χ1v) is 8.66. The van der Waals surface area contributed by atoms with Crippen molar-refractivity contribution in [2.75, 3.05) is 7.11 Å². The first kappa shape index (κ1) is 22.1. The van der Waals surface area contributed by atoms with Crippen LogP contribution in [0.1, 0.15) is 58.3 Å². The number of carbonyl (C=O) groups excluding carboxylic acids is 2. The number of unbranched alkanes of at least 4 members (excludes halogenated alkanes) is 4. The number of ketones is 1. The van der Waals surface area contributed by atoms with Crippen molar-refractivity contribution in [3.05, 3.63) is 49.6 Å². The van der Waals surface area contributed by atoms with E-state index in [4.69, 9.17) is 4.74 Å². The first-order valence-electron chi connectivity index (χ1n) is 8.66. The molecule has 0 heterocycles. The second-order valence-electron chi connectivity index (χ2n) is 5.92. The molecular formula is C21H32O3. The summed E-state index contributed by atoms with van der Waals surface area (Å²) >= 11 is 0. The molecule has 0 unspecified atom stereocenters. The molecule has 0 amide bonds. The minimum atomic E-state index is -1.11. The van der Waals surface area contributed by atoms with Crippen LogP contribution in [-0.2, 0) is 14.3 Å². The topological polar surface area (TPSA) is 43.4 Å². The zero-order chi connectivity index (χ0) is 18.3. The second-order valence-corrected chi connectivity index (χ2v) is 5.92. The lowest BCUT2D eigenvalue weighted by Gasteiger charge is -2.26. The van der Waals surface area contributed by atoms with Crippen molar-refractivity contribution in [3.8, 4) is 0 Å². The molecule has 0 spiro atoms. The smallest absolute Gasteiger partial charge is 0.319 e. The van der Waals surface area contributed by atoms with Crippen LogP contribution < -0.4 is 0 Å². The quantitative estimate of drug-likeness (QED) is 0.187. The van der Waals surface area contributed by atoms with Gasteiger partial charge < -0.3 is 4.74 Å². The van der Waals surface area contributed by atoms with Crippen LogP contribution in [0.25, 0.3) is 0 Å². The Bertz CT molecular complexity index is 432. The number of allylic oxidation sites excluding steroid dienone is 6. The number of hydrogen-bond donors (Lipinski definition) is 0. The summed E-state index contributed by atoms with van der Waals surface area (Å²) in [6, 6.07) is 0. The molecule has 0 aliphatic heterocycles. The minimum absolute atomic E-state index is 0.152. The van der Waals surface area contributed by atoms with E-state index in [1.54, 1.807) is 0 Å². The van der Waals surface area contributed by atoms with Gasteiger partial charge in [-0.15, -0.1) is 13.2 Å². The van der Waals surface area contributed by atoms with Crippen LogP contribution in [-0.4, -0.2) is 18.9 Å². The van der Waals surface area contributed by atoms with Crippen LogP contribution in [0.5, 0.6) is 0 Å². The van der Waals surface area contributed by atoms with Crippen molar-refractivity contribution < 1.29 is 14.3 Å². The summed E-state index contributed by atoms with van der Waals surface area (Å²) in [5.74, 6) is -0.609. The molecule has 0 radical (unpaired) electrons. The van der Waals surface area contributed by atoms with Gasteiger partial charge in [0.2, 0.25) is 0 Å². The van der Waals surface area contributed by atoms with Crippen molar-refractivity contribution in [1.82, 2.24) is 0 Å². The van der Waals surface area contributed by atoms with Gasteiger partial charge in [0.1, 0.15) is 11.2 Å². The van der Waals surface area contributed by atoms with E-state index >= 15 is 0 Å². The fourth-order valence-corrected chi connectivity index (χ4v) is 2.44. The molecule has 0 aromatic heterocycles. The second kappa shape index (κ2) is 13.5.